The summed E-state index contributed by atoms with van der Waals surface area (Å²) in [6.45, 7) is 6.73. The summed E-state index contributed by atoms with van der Waals surface area (Å²) in [5, 5.41) is 8.27. The van der Waals surface area contributed by atoms with Crippen LogP contribution in [-0.4, -0.2) is 11.1 Å². The third-order valence-corrected chi connectivity index (χ3v) is 4.95. The number of hydrogen-bond acceptors (Lipinski definition) is 1. The van der Waals surface area contributed by atoms with E-state index in [0.29, 0.717) is 6.42 Å². The first-order valence-corrected chi connectivity index (χ1v) is 11.9. The van der Waals surface area contributed by atoms with E-state index in [4.69, 9.17) is 5.11 Å². The van der Waals surface area contributed by atoms with Gasteiger partial charge in [-0.15, -0.1) is 0 Å². The van der Waals surface area contributed by atoms with E-state index in [1.807, 2.05) is 0 Å². The number of hydrogen-bond donors (Lipinski definition) is 1. The minimum atomic E-state index is -0.670. The van der Waals surface area contributed by atoms with Gasteiger partial charge in [0, 0.05) is 6.42 Å². The van der Waals surface area contributed by atoms with Crippen molar-refractivity contribution in [3.8, 4) is 0 Å². The van der Waals surface area contributed by atoms with E-state index in [0.717, 1.165) is 12.8 Å². The number of unbranched alkanes of at least 4 members (excludes halogenated alkanes) is 17. The Balaban J connectivity index is 0. The number of aliphatic carboxylic acids is 1. The maximum atomic E-state index is 10.0. The van der Waals surface area contributed by atoms with Gasteiger partial charge in [-0.05, 0) is 6.42 Å². The number of rotatable bonds is 19. The van der Waals surface area contributed by atoms with Gasteiger partial charge in [0.25, 0.3) is 0 Å². The van der Waals surface area contributed by atoms with Gasteiger partial charge in [0.05, 0.1) is 0 Å². The molecule has 0 heterocycles. The van der Waals surface area contributed by atoms with Gasteiger partial charge in [0.2, 0.25) is 0 Å². The molecule has 0 aromatic rings. The molecule has 0 aromatic heterocycles. The van der Waals surface area contributed by atoms with Crippen LogP contribution >= 0.6 is 0 Å². The minimum absolute atomic E-state index is 0.337. The van der Waals surface area contributed by atoms with Gasteiger partial charge in [0.1, 0.15) is 0 Å². The highest BCUT2D eigenvalue weighted by atomic mass is 16.4. The predicted octanol–water partition coefficient (Wildman–Crippen LogP) is 8.92. The SMILES string of the molecule is CCCCCCCC(=O)O.CCCCCCCCCCCCCCCC. The van der Waals surface area contributed by atoms with E-state index in [2.05, 4.69) is 20.8 Å². The molecule has 0 rings (SSSR count). The van der Waals surface area contributed by atoms with Gasteiger partial charge in [-0.3, -0.25) is 4.79 Å². The molecule has 0 atom stereocenters. The highest BCUT2D eigenvalue weighted by Gasteiger charge is 1.95. The summed E-state index contributed by atoms with van der Waals surface area (Å²) >= 11 is 0. The number of carboxylic acid groups (broad SMARTS) is 1. The standard InChI is InChI=1S/C16H34.C8H16O2/c1-3-5-7-9-11-13-15-16-14-12-10-8-6-4-2;1-2-3-4-5-6-7-8(9)10/h3-16H2,1-2H3;2-7H2,1H3,(H,9,10). The molecule has 1 N–H and O–H groups in total. The summed E-state index contributed by atoms with van der Waals surface area (Å²) in [5.74, 6) is -0.670. The van der Waals surface area contributed by atoms with Crippen molar-refractivity contribution in [1.29, 1.82) is 0 Å². The minimum Gasteiger partial charge on any atom is -0.481 e. The molecule has 2 nitrogen and oxygen atoms in total. The molecule has 0 saturated carbocycles. The lowest BCUT2D eigenvalue weighted by molar-refractivity contribution is -0.137. The highest BCUT2D eigenvalue weighted by molar-refractivity contribution is 5.66. The van der Waals surface area contributed by atoms with Gasteiger partial charge in [-0.1, -0.05) is 136 Å². The first-order chi connectivity index (χ1) is 12.7. The zero-order valence-electron chi connectivity index (χ0n) is 18.5. The van der Waals surface area contributed by atoms with Gasteiger partial charge in [-0.25, -0.2) is 0 Å². The summed E-state index contributed by atoms with van der Waals surface area (Å²) < 4.78 is 0. The molecule has 0 unspecified atom stereocenters. The van der Waals surface area contributed by atoms with Crippen molar-refractivity contribution in [3.05, 3.63) is 0 Å². The molecule has 0 saturated heterocycles. The van der Waals surface area contributed by atoms with Crippen molar-refractivity contribution >= 4 is 5.97 Å². The smallest absolute Gasteiger partial charge is 0.303 e. The first kappa shape index (κ1) is 27.7. The van der Waals surface area contributed by atoms with E-state index in [9.17, 15) is 4.79 Å². The molecule has 0 aliphatic heterocycles. The second kappa shape index (κ2) is 26.7. The van der Waals surface area contributed by atoms with E-state index < -0.39 is 5.97 Å². The molecule has 0 aromatic carbocycles. The molecule has 0 spiro atoms. The van der Waals surface area contributed by atoms with Crippen molar-refractivity contribution in [2.24, 2.45) is 0 Å². The van der Waals surface area contributed by atoms with Crippen LogP contribution in [-0.2, 0) is 4.79 Å². The van der Waals surface area contributed by atoms with Gasteiger partial charge in [-0.2, -0.15) is 0 Å². The Kier molecular flexibility index (Phi) is 28.4. The Labute approximate surface area is 165 Å². The lowest BCUT2D eigenvalue weighted by atomic mass is 10.0. The summed E-state index contributed by atoms with van der Waals surface area (Å²) in [7, 11) is 0. The normalized spacial score (nSPS) is 10.4. The average Bonchev–Trinajstić information content (AvgIpc) is 2.63. The van der Waals surface area contributed by atoms with E-state index in [-0.39, 0.29) is 0 Å². The average molecular weight is 371 g/mol. The molecule has 0 radical (unpaired) electrons. The number of carbonyl (C=O) groups is 1. The fraction of sp³-hybridized carbons (Fsp3) is 0.958. The monoisotopic (exact) mass is 370 g/mol. The van der Waals surface area contributed by atoms with Crippen molar-refractivity contribution in [1.82, 2.24) is 0 Å². The summed E-state index contributed by atoms with van der Waals surface area (Å²) in [5.41, 5.74) is 0. The highest BCUT2D eigenvalue weighted by Crippen LogP contribution is 2.12. The van der Waals surface area contributed by atoms with Crippen LogP contribution in [0.4, 0.5) is 0 Å². The Morgan fingerprint density at radius 1 is 0.462 bits per heavy atom. The van der Waals surface area contributed by atoms with Crippen molar-refractivity contribution in [2.45, 2.75) is 149 Å². The zero-order valence-corrected chi connectivity index (χ0v) is 18.5. The molecule has 158 valence electrons. The van der Waals surface area contributed by atoms with Crippen molar-refractivity contribution in [2.75, 3.05) is 0 Å². The fourth-order valence-corrected chi connectivity index (χ4v) is 3.15. The van der Waals surface area contributed by atoms with Crippen molar-refractivity contribution in [3.63, 3.8) is 0 Å². The molecule has 0 aliphatic rings. The van der Waals surface area contributed by atoms with Crippen LogP contribution in [0, 0.1) is 0 Å². The maximum absolute atomic E-state index is 10.0. The lowest BCUT2D eigenvalue weighted by Gasteiger charge is -2.02. The topological polar surface area (TPSA) is 37.3 Å². The predicted molar refractivity (Wildman–Crippen MR) is 117 cm³/mol. The second-order valence-electron chi connectivity index (χ2n) is 7.80. The third kappa shape index (κ3) is 31.3. The Morgan fingerprint density at radius 2 is 0.692 bits per heavy atom. The Bertz CT molecular complexity index is 237. The zero-order chi connectivity index (χ0) is 19.7. The van der Waals surface area contributed by atoms with Crippen LogP contribution in [0.3, 0.4) is 0 Å². The molecule has 0 fully saturated rings. The first-order valence-electron chi connectivity index (χ1n) is 11.9. The molecule has 2 heteroatoms. The van der Waals surface area contributed by atoms with Crippen molar-refractivity contribution < 1.29 is 9.90 Å². The summed E-state index contributed by atoms with van der Waals surface area (Å²) in [4.78, 5) is 10.0. The van der Waals surface area contributed by atoms with Gasteiger partial charge >= 0.3 is 5.97 Å². The lowest BCUT2D eigenvalue weighted by Crippen LogP contribution is -1.93. The van der Waals surface area contributed by atoms with Gasteiger partial charge < -0.3 is 5.11 Å². The second-order valence-corrected chi connectivity index (χ2v) is 7.80. The fourth-order valence-electron chi connectivity index (χ4n) is 3.15. The Hall–Kier alpha value is -0.530. The third-order valence-electron chi connectivity index (χ3n) is 4.95. The van der Waals surface area contributed by atoms with E-state index in [1.165, 1.54) is 109 Å². The molecule has 0 aliphatic carbocycles. The van der Waals surface area contributed by atoms with Gasteiger partial charge in [0.15, 0.2) is 0 Å². The maximum Gasteiger partial charge on any atom is 0.303 e. The number of carboxylic acids is 1. The van der Waals surface area contributed by atoms with Crippen LogP contribution < -0.4 is 0 Å². The molecule has 0 bridgehead atoms. The van der Waals surface area contributed by atoms with Crippen LogP contribution in [0.25, 0.3) is 0 Å². The largest absolute Gasteiger partial charge is 0.481 e. The Morgan fingerprint density at radius 3 is 0.923 bits per heavy atom. The molecule has 0 amide bonds. The van der Waals surface area contributed by atoms with Crippen LogP contribution in [0.15, 0.2) is 0 Å². The van der Waals surface area contributed by atoms with Crippen LogP contribution in [0.1, 0.15) is 149 Å². The summed E-state index contributed by atoms with van der Waals surface area (Å²) in [6, 6.07) is 0. The van der Waals surface area contributed by atoms with Crippen LogP contribution in [0.5, 0.6) is 0 Å². The quantitative estimate of drug-likeness (QED) is 0.230. The molecule has 26 heavy (non-hydrogen) atoms. The van der Waals surface area contributed by atoms with Crippen LogP contribution in [0.2, 0.25) is 0 Å². The van der Waals surface area contributed by atoms with E-state index in [1.54, 1.807) is 0 Å². The molecular weight excluding hydrogens is 320 g/mol. The van der Waals surface area contributed by atoms with E-state index >= 15 is 0 Å². The molecular formula is C24H50O2. The summed E-state index contributed by atoms with van der Waals surface area (Å²) in [6.07, 6.45) is 26.3.